The Bertz CT molecular complexity index is 594. The fraction of sp³-hybridized carbons (Fsp3) is 0.0769. The highest BCUT2D eigenvalue weighted by Gasteiger charge is 2.12. The van der Waals surface area contributed by atoms with Crippen LogP contribution >= 0.6 is 0 Å². The van der Waals surface area contributed by atoms with E-state index in [1.54, 1.807) is 36.4 Å². The van der Waals surface area contributed by atoms with E-state index < -0.39 is 12.4 Å². The molecule has 1 aromatic heterocycles. The van der Waals surface area contributed by atoms with Crippen LogP contribution in [0.2, 0.25) is 0 Å². The second kappa shape index (κ2) is 5.25. The van der Waals surface area contributed by atoms with Crippen molar-refractivity contribution in [1.29, 1.82) is 5.26 Å². The summed E-state index contributed by atoms with van der Waals surface area (Å²) in [7, 11) is 0. The summed E-state index contributed by atoms with van der Waals surface area (Å²) in [5.74, 6) is -0.575. The lowest BCUT2D eigenvalue weighted by Crippen LogP contribution is -2.00. The molecule has 0 fully saturated rings. The summed E-state index contributed by atoms with van der Waals surface area (Å²) in [4.78, 5) is 3.79. The van der Waals surface area contributed by atoms with Gasteiger partial charge in [0.25, 0.3) is 5.88 Å². The summed E-state index contributed by atoms with van der Waals surface area (Å²) in [5, 5.41) is 17.8. The van der Waals surface area contributed by atoms with Crippen LogP contribution in [0.4, 0.5) is 4.39 Å². The van der Waals surface area contributed by atoms with Crippen LogP contribution in [0.3, 0.4) is 0 Å². The Balaban J connectivity index is 2.37. The fourth-order valence-corrected chi connectivity index (χ4v) is 1.40. The normalized spacial score (nSPS) is 9.83. The molecule has 2 aromatic rings. The molecule has 0 aliphatic rings. The molecular formula is C13H9FN2O2. The predicted molar refractivity (Wildman–Crippen MR) is 61.3 cm³/mol. The van der Waals surface area contributed by atoms with Gasteiger partial charge >= 0.3 is 0 Å². The number of aliphatic hydroxyl groups excluding tert-OH is 1. The maximum absolute atomic E-state index is 13.6. The van der Waals surface area contributed by atoms with E-state index in [1.165, 1.54) is 0 Å². The molecule has 0 atom stereocenters. The van der Waals surface area contributed by atoms with Crippen molar-refractivity contribution in [2.75, 3.05) is 0 Å². The number of benzene rings is 1. The fourth-order valence-electron chi connectivity index (χ4n) is 1.40. The average Bonchev–Trinajstić information content (AvgIpc) is 2.41. The number of aliphatic hydroxyl groups is 1. The summed E-state index contributed by atoms with van der Waals surface area (Å²) in [6.45, 7) is -0.450. The Morgan fingerprint density at radius 1 is 1.33 bits per heavy atom. The maximum Gasteiger partial charge on any atom is 0.256 e. The third-order valence-corrected chi connectivity index (χ3v) is 2.25. The van der Waals surface area contributed by atoms with Crippen LogP contribution in [0.1, 0.15) is 11.3 Å². The van der Waals surface area contributed by atoms with E-state index in [2.05, 4.69) is 4.98 Å². The number of nitrogens with zero attached hydrogens (tertiary/aromatic N) is 2. The highest BCUT2D eigenvalue weighted by Crippen LogP contribution is 2.24. The molecule has 0 aliphatic heterocycles. The topological polar surface area (TPSA) is 66.1 Å². The van der Waals surface area contributed by atoms with Crippen molar-refractivity contribution in [3.8, 4) is 17.7 Å². The predicted octanol–water partition coefficient (Wildman–Crippen LogP) is 2.38. The Hall–Kier alpha value is -2.45. The monoisotopic (exact) mass is 244 g/mol. The van der Waals surface area contributed by atoms with Crippen molar-refractivity contribution in [1.82, 2.24) is 4.98 Å². The molecule has 4 nitrogen and oxygen atoms in total. The summed E-state index contributed by atoms with van der Waals surface area (Å²) in [6.07, 6.45) is 0. The SMILES string of the molecule is N#Cc1cc(F)c(Oc2ccccc2)nc1CO. The van der Waals surface area contributed by atoms with Crippen molar-refractivity contribution in [2.45, 2.75) is 6.61 Å². The van der Waals surface area contributed by atoms with Crippen molar-refractivity contribution in [3.63, 3.8) is 0 Å². The van der Waals surface area contributed by atoms with Gasteiger partial charge in [-0.05, 0) is 18.2 Å². The zero-order valence-electron chi connectivity index (χ0n) is 9.30. The number of para-hydroxylation sites is 1. The van der Waals surface area contributed by atoms with Crippen LogP contribution in [-0.2, 0) is 6.61 Å². The second-order valence-corrected chi connectivity index (χ2v) is 3.45. The van der Waals surface area contributed by atoms with E-state index in [1.807, 2.05) is 0 Å². The van der Waals surface area contributed by atoms with Gasteiger partial charge in [-0.2, -0.15) is 5.26 Å². The smallest absolute Gasteiger partial charge is 0.256 e. The number of halogens is 1. The number of hydrogen-bond acceptors (Lipinski definition) is 4. The average molecular weight is 244 g/mol. The zero-order chi connectivity index (χ0) is 13.0. The molecule has 18 heavy (non-hydrogen) atoms. The highest BCUT2D eigenvalue weighted by molar-refractivity contribution is 5.38. The van der Waals surface area contributed by atoms with Gasteiger partial charge < -0.3 is 9.84 Å². The summed E-state index contributed by atoms with van der Waals surface area (Å²) in [6, 6.07) is 11.3. The van der Waals surface area contributed by atoms with E-state index >= 15 is 0 Å². The zero-order valence-corrected chi connectivity index (χ0v) is 9.30. The van der Waals surface area contributed by atoms with Crippen LogP contribution in [0, 0.1) is 17.1 Å². The van der Waals surface area contributed by atoms with E-state index in [0.29, 0.717) is 5.75 Å². The van der Waals surface area contributed by atoms with Crippen molar-refractivity contribution in [2.24, 2.45) is 0 Å². The molecule has 0 saturated carbocycles. The van der Waals surface area contributed by atoms with Gasteiger partial charge in [-0.1, -0.05) is 18.2 Å². The summed E-state index contributed by atoms with van der Waals surface area (Å²) < 4.78 is 18.9. The molecule has 2 rings (SSSR count). The highest BCUT2D eigenvalue weighted by atomic mass is 19.1. The van der Waals surface area contributed by atoms with Gasteiger partial charge in [0.1, 0.15) is 11.8 Å². The van der Waals surface area contributed by atoms with E-state index in [4.69, 9.17) is 15.1 Å². The first kappa shape index (κ1) is 12.0. The van der Waals surface area contributed by atoms with Crippen LogP contribution in [0.5, 0.6) is 11.6 Å². The third kappa shape index (κ3) is 2.44. The van der Waals surface area contributed by atoms with Gasteiger partial charge in [0, 0.05) is 0 Å². The minimum Gasteiger partial charge on any atom is -0.436 e. The second-order valence-electron chi connectivity index (χ2n) is 3.45. The minimum atomic E-state index is -0.743. The third-order valence-electron chi connectivity index (χ3n) is 2.25. The van der Waals surface area contributed by atoms with Gasteiger partial charge in [-0.25, -0.2) is 9.37 Å². The lowest BCUT2D eigenvalue weighted by Gasteiger charge is -2.07. The molecule has 1 heterocycles. The van der Waals surface area contributed by atoms with Gasteiger partial charge in [0.15, 0.2) is 5.82 Å². The van der Waals surface area contributed by atoms with Crippen molar-refractivity contribution >= 4 is 0 Å². The number of nitriles is 1. The molecule has 1 N–H and O–H groups in total. The molecule has 0 amide bonds. The molecule has 0 spiro atoms. The minimum absolute atomic E-state index is 0.00425. The van der Waals surface area contributed by atoms with E-state index in [-0.39, 0.29) is 17.1 Å². The van der Waals surface area contributed by atoms with Gasteiger partial charge in [0.05, 0.1) is 17.9 Å². The maximum atomic E-state index is 13.6. The molecule has 90 valence electrons. The number of aromatic nitrogens is 1. The summed E-state index contributed by atoms with van der Waals surface area (Å²) >= 11 is 0. The number of ether oxygens (including phenoxy) is 1. The van der Waals surface area contributed by atoms with Crippen molar-refractivity contribution < 1.29 is 14.2 Å². The van der Waals surface area contributed by atoms with Crippen LogP contribution in [0.25, 0.3) is 0 Å². The van der Waals surface area contributed by atoms with E-state index in [9.17, 15) is 4.39 Å². The largest absolute Gasteiger partial charge is 0.436 e. The number of hydrogen-bond donors (Lipinski definition) is 1. The molecule has 0 aliphatic carbocycles. The molecule has 0 bridgehead atoms. The number of pyridine rings is 1. The quantitative estimate of drug-likeness (QED) is 0.900. The Morgan fingerprint density at radius 2 is 2.06 bits per heavy atom. The Kier molecular flexibility index (Phi) is 3.51. The molecule has 1 aromatic carbocycles. The van der Waals surface area contributed by atoms with Crippen LogP contribution < -0.4 is 4.74 Å². The lowest BCUT2D eigenvalue weighted by molar-refractivity contribution is 0.274. The first-order chi connectivity index (χ1) is 8.74. The Labute approximate surface area is 103 Å². The molecule has 5 heteroatoms. The first-order valence-corrected chi connectivity index (χ1v) is 5.18. The first-order valence-electron chi connectivity index (χ1n) is 5.18. The summed E-state index contributed by atoms with van der Waals surface area (Å²) in [5.41, 5.74) is 0.0836. The number of rotatable bonds is 3. The van der Waals surface area contributed by atoms with Crippen molar-refractivity contribution in [3.05, 3.63) is 53.5 Å². The molecule has 0 saturated heterocycles. The van der Waals surface area contributed by atoms with Crippen LogP contribution in [0.15, 0.2) is 36.4 Å². The van der Waals surface area contributed by atoms with Gasteiger partial charge in [-0.3, -0.25) is 0 Å². The van der Waals surface area contributed by atoms with Gasteiger partial charge in [-0.15, -0.1) is 0 Å². The molecule has 0 radical (unpaired) electrons. The standard InChI is InChI=1S/C13H9FN2O2/c14-11-6-9(7-15)12(8-17)16-13(11)18-10-4-2-1-3-5-10/h1-6,17H,8H2. The Morgan fingerprint density at radius 3 is 2.67 bits per heavy atom. The molecule has 0 unspecified atom stereocenters. The molecular weight excluding hydrogens is 235 g/mol. The van der Waals surface area contributed by atoms with Crippen LogP contribution in [-0.4, -0.2) is 10.1 Å². The van der Waals surface area contributed by atoms with E-state index in [0.717, 1.165) is 6.07 Å². The van der Waals surface area contributed by atoms with Gasteiger partial charge in [0.2, 0.25) is 0 Å². The lowest BCUT2D eigenvalue weighted by atomic mass is 10.2.